The van der Waals surface area contributed by atoms with Crippen molar-refractivity contribution in [1.29, 1.82) is 0 Å². The summed E-state index contributed by atoms with van der Waals surface area (Å²) in [5.74, 6) is 0.903. The van der Waals surface area contributed by atoms with Crippen LogP contribution in [0.5, 0.6) is 0 Å². The lowest BCUT2D eigenvalue weighted by Gasteiger charge is -2.09. The molecule has 5 heteroatoms. The number of nitrogens with one attached hydrogen (secondary N) is 2. The van der Waals surface area contributed by atoms with E-state index in [4.69, 9.17) is 0 Å². The summed E-state index contributed by atoms with van der Waals surface area (Å²) in [6.45, 7) is 2.39. The minimum atomic E-state index is -0.229. The fourth-order valence-corrected chi connectivity index (χ4v) is 2.20. The Balaban J connectivity index is 1.69. The Morgan fingerprint density at radius 2 is 1.91 bits per heavy atom. The highest BCUT2D eigenvalue weighted by Crippen LogP contribution is 2.16. The number of hydrogen-bond acceptors (Lipinski definition) is 4. The predicted octanol–water partition coefficient (Wildman–Crippen LogP) is 4.28. The van der Waals surface area contributed by atoms with Crippen molar-refractivity contribution in [1.82, 2.24) is 9.97 Å². The first-order valence-electron chi connectivity index (χ1n) is 7.35. The summed E-state index contributed by atoms with van der Waals surface area (Å²) in [6.07, 6.45) is 1.66. The van der Waals surface area contributed by atoms with Crippen LogP contribution in [0.4, 0.5) is 21.8 Å². The van der Waals surface area contributed by atoms with Gasteiger partial charge in [-0.2, -0.15) is 4.98 Å². The molecule has 2 aromatic carbocycles. The lowest BCUT2D eigenvalue weighted by atomic mass is 10.2. The summed E-state index contributed by atoms with van der Waals surface area (Å²) in [4.78, 5) is 8.59. The molecule has 116 valence electrons. The van der Waals surface area contributed by atoms with Crippen molar-refractivity contribution in [3.05, 3.63) is 77.7 Å². The monoisotopic (exact) mass is 308 g/mol. The molecule has 0 fully saturated rings. The maximum absolute atomic E-state index is 13.6. The summed E-state index contributed by atoms with van der Waals surface area (Å²) >= 11 is 0. The van der Waals surface area contributed by atoms with Crippen molar-refractivity contribution in [2.24, 2.45) is 0 Å². The second-order valence-corrected chi connectivity index (χ2v) is 5.20. The lowest BCUT2D eigenvalue weighted by molar-refractivity contribution is 0.613. The Morgan fingerprint density at radius 3 is 2.74 bits per heavy atom. The Hall–Kier alpha value is -2.95. The molecular formula is C18H17FN4. The van der Waals surface area contributed by atoms with Crippen molar-refractivity contribution in [2.45, 2.75) is 13.5 Å². The van der Waals surface area contributed by atoms with Crippen molar-refractivity contribution in [3.63, 3.8) is 0 Å². The minimum Gasteiger partial charge on any atom is -0.366 e. The van der Waals surface area contributed by atoms with Crippen LogP contribution in [0, 0.1) is 12.7 Å². The van der Waals surface area contributed by atoms with Crippen LogP contribution in [-0.4, -0.2) is 9.97 Å². The number of aryl methyl sites for hydroxylation is 1. The van der Waals surface area contributed by atoms with Crippen LogP contribution >= 0.6 is 0 Å². The molecule has 23 heavy (non-hydrogen) atoms. The molecule has 1 heterocycles. The van der Waals surface area contributed by atoms with Crippen molar-refractivity contribution in [2.75, 3.05) is 10.6 Å². The zero-order valence-corrected chi connectivity index (χ0v) is 12.8. The second-order valence-electron chi connectivity index (χ2n) is 5.20. The van der Waals surface area contributed by atoms with E-state index in [1.165, 1.54) is 6.07 Å². The van der Waals surface area contributed by atoms with Crippen LogP contribution in [0.15, 0.2) is 60.8 Å². The largest absolute Gasteiger partial charge is 0.366 e. The van der Waals surface area contributed by atoms with Crippen molar-refractivity contribution in [3.8, 4) is 0 Å². The molecule has 0 aliphatic heterocycles. The predicted molar refractivity (Wildman–Crippen MR) is 90.2 cm³/mol. The van der Waals surface area contributed by atoms with E-state index in [1.807, 2.05) is 37.3 Å². The first-order valence-corrected chi connectivity index (χ1v) is 7.35. The molecule has 0 amide bonds. The maximum atomic E-state index is 13.6. The number of benzene rings is 2. The molecule has 3 rings (SSSR count). The van der Waals surface area contributed by atoms with Crippen LogP contribution in [0.1, 0.15) is 11.1 Å². The molecule has 0 bridgehead atoms. The van der Waals surface area contributed by atoms with Gasteiger partial charge in [-0.05, 0) is 36.8 Å². The normalized spacial score (nSPS) is 10.3. The Morgan fingerprint density at radius 1 is 1.04 bits per heavy atom. The highest BCUT2D eigenvalue weighted by Gasteiger charge is 2.03. The molecule has 0 aliphatic carbocycles. The lowest BCUT2D eigenvalue weighted by Crippen LogP contribution is -2.05. The first kappa shape index (κ1) is 15.0. The van der Waals surface area contributed by atoms with E-state index in [0.717, 1.165) is 11.3 Å². The fourth-order valence-electron chi connectivity index (χ4n) is 2.20. The third-order valence-electron chi connectivity index (χ3n) is 3.35. The fraction of sp³-hybridized carbons (Fsp3) is 0.111. The van der Waals surface area contributed by atoms with E-state index < -0.39 is 0 Å². The Kier molecular flexibility index (Phi) is 4.47. The van der Waals surface area contributed by atoms with Gasteiger partial charge >= 0.3 is 0 Å². The smallest absolute Gasteiger partial charge is 0.229 e. The average Bonchev–Trinajstić information content (AvgIpc) is 2.54. The second kappa shape index (κ2) is 6.87. The van der Waals surface area contributed by atoms with Crippen LogP contribution < -0.4 is 10.6 Å². The summed E-state index contributed by atoms with van der Waals surface area (Å²) in [7, 11) is 0. The van der Waals surface area contributed by atoms with Gasteiger partial charge in [0, 0.05) is 24.0 Å². The standard InChI is InChI=1S/C18H17FN4/c1-13-5-4-7-15(11-13)22-18-20-10-9-17(23-18)21-12-14-6-2-3-8-16(14)19/h2-11H,12H2,1H3,(H2,20,21,22,23). The van der Waals surface area contributed by atoms with Gasteiger partial charge in [-0.3, -0.25) is 0 Å². The molecule has 0 spiro atoms. The molecule has 0 unspecified atom stereocenters. The van der Waals surface area contributed by atoms with E-state index >= 15 is 0 Å². The van der Waals surface area contributed by atoms with Crippen LogP contribution in [0.2, 0.25) is 0 Å². The number of nitrogens with zero attached hydrogens (tertiary/aromatic N) is 2. The van der Waals surface area contributed by atoms with E-state index in [-0.39, 0.29) is 5.82 Å². The van der Waals surface area contributed by atoms with Crippen LogP contribution in [0.3, 0.4) is 0 Å². The molecule has 1 aromatic heterocycles. The van der Waals surface area contributed by atoms with Gasteiger partial charge in [0.1, 0.15) is 11.6 Å². The molecule has 0 atom stereocenters. The number of anilines is 3. The third kappa shape index (κ3) is 4.03. The van der Waals surface area contributed by atoms with Crippen LogP contribution in [-0.2, 0) is 6.54 Å². The molecule has 0 radical (unpaired) electrons. The summed E-state index contributed by atoms with van der Waals surface area (Å²) in [5, 5.41) is 6.27. The van der Waals surface area contributed by atoms with Gasteiger partial charge in [-0.25, -0.2) is 9.37 Å². The molecule has 4 nitrogen and oxygen atoms in total. The van der Waals surface area contributed by atoms with Crippen molar-refractivity contribution < 1.29 is 4.39 Å². The van der Waals surface area contributed by atoms with E-state index in [1.54, 1.807) is 24.4 Å². The van der Waals surface area contributed by atoms with Gasteiger partial charge in [0.05, 0.1) is 0 Å². The number of aromatic nitrogens is 2. The first-order chi connectivity index (χ1) is 11.2. The van der Waals surface area contributed by atoms with E-state index in [0.29, 0.717) is 23.9 Å². The number of rotatable bonds is 5. The zero-order chi connectivity index (χ0) is 16.1. The third-order valence-corrected chi connectivity index (χ3v) is 3.35. The van der Waals surface area contributed by atoms with Gasteiger partial charge in [0.2, 0.25) is 5.95 Å². The summed E-state index contributed by atoms with van der Waals surface area (Å²) < 4.78 is 13.6. The summed E-state index contributed by atoms with van der Waals surface area (Å²) in [5.41, 5.74) is 2.68. The minimum absolute atomic E-state index is 0.229. The van der Waals surface area contributed by atoms with Gasteiger partial charge in [-0.1, -0.05) is 30.3 Å². The van der Waals surface area contributed by atoms with Gasteiger partial charge < -0.3 is 10.6 Å². The van der Waals surface area contributed by atoms with Gasteiger partial charge in [0.15, 0.2) is 0 Å². The molecule has 0 saturated carbocycles. The molecule has 0 aliphatic rings. The summed E-state index contributed by atoms with van der Waals surface area (Å²) in [6, 6.07) is 16.4. The van der Waals surface area contributed by atoms with Gasteiger partial charge in [0.25, 0.3) is 0 Å². The molecule has 0 saturated heterocycles. The average molecular weight is 308 g/mol. The maximum Gasteiger partial charge on any atom is 0.229 e. The SMILES string of the molecule is Cc1cccc(Nc2nccc(NCc3ccccc3F)n2)c1. The topological polar surface area (TPSA) is 49.8 Å². The van der Waals surface area contributed by atoms with E-state index in [9.17, 15) is 4.39 Å². The number of halogens is 1. The van der Waals surface area contributed by atoms with Crippen molar-refractivity contribution >= 4 is 17.5 Å². The quantitative estimate of drug-likeness (QED) is 0.738. The van der Waals surface area contributed by atoms with Crippen LogP contribution in [0.25, 0.3) is 0 Å². The molecule has 2 N–H and O–H groups in total. The molecule has 3 aromatic rings. The highest BCUT2D eigenvalue weighted by molar-refractivity contribution is 5.55. The van der Waals surface area contributed by atoms with Gasteiger partial charge in [-0.15, -0.1) is 0 Å². The Bertz CT molecular complexity index is 804. The highest BCUT2D eigenvalue weighted by atomic mass is 19.1. The zero-order valence-electron chi connectivity index (χ0n) is 12.8. The molecular weight excluding hydrogens is 291 g/mol. The van der Waals surface area contributed by atoms with E-state index in [2.05, 4.69) is 20.6 Å². The Labute approximate surface area is 134 Å². The number of hydrogen-bond donors (Lipinski definition) is 2.